The number of benzene rings is 3. The summed E-state index contributed by atoms with van der Waals surface area (Å²) in [5.41, 5.74) is 6.10. The number of hydrogen-bond acceptors (Lipinski definition) is 6. The summed E-state index contributed by atoms with van der Waals surface area (Å²) in [6.07, 6.45) is -0.698. The zero-order chi connectivity index (χ0) is 26.6. The van der Waals surface area contributed by atoms with Crippen molar-refractivity contribution in [1.82, 2.24) is 10.4 Å². The van der Waals surface area contributed by atoms with Crippen LogP contribution in [-0.4, -0.2) is 46.8 Å². The van der Waals surface area contributed by atoms with Crippen molar-refractivity contribution < 1.29 is 29.0 Å². The van der Waals surface area contributed by atoms with E-state index in [1.54, 1.807) is 19.1 Å². The van der Waals surface area contributed by atoms with Gasteiger partial charge in [-0.05, 0) is 30.5 Å². The van der Waals surface area contributed by atoms with Crippen LogP contribution in [0.3, 0.4) is 0 Å². The summed E-state index contributed by atoms with van der Waals surface area (Å²) in [6, 6.07) is 23.3. The molecule has 2 N–H and O–H groups in total. The van der Waals surface area contributed by atoms with Crippen LogP contribution >= 0.6 is 0 Å². The number of aryl methyl sites for hydroxylation is 1. The van der Waals surface area contributed by atoms with Crippen molar-refractivity contribution >= 4 is 18.0 Å². The number of amides is 1. The Kier molecular flexibility index (Phi) is 10.2. The van der Waals surface area contributed by atoms with Crippen molar-refractivity contribution in [2.45, 2.75) is 45.4 Å². The number of esters is 1. The number of carbonyl (C=O) groups excluding carboxylic acids is 2. The summed E-state index contributed by atoms with van der Waals surface area (Å²) in [7, 11) is 0. The minimum absolute atomic E-state index is 0.0472. The minimum Gasteiger partial charge on any atom is -0.480 e. The van der Waals surface area contributed by atoms with E-state index in [9.17, 15) is 19.5 Å². The molecule has 3 rings (SSSR count). The van der Waals surface area contributed by atoms with Gasteiger partial charge in [0.15, 0.2) is 6.04 Å². The Bertz CT molecular complexity index is 1150. The van der Waals surface area contributed by atoms with Crippen LogP contribution in [0.4, 0.5) is 4.79 Å². The maximum absolute atomic E-state index is 13.4. The highest BCUT2D eigenvalue weighted by atomic mass is 16.6. The highest BCUT2D eigenvalue weighted by Gasteiger charge is 2.36. The van der Waals surface area contributed by atoms with Gasteiger partial charge >= 0.3 is 18.0 Å². The van der Waals surface area contributed by atoms with Crippen LogP contribution in [0.25, 0.3) is 0 Å². The first kappa shape index (κ1) is 27.4. The monoisotopic (exact) mass is 504 g/mol. The zero-order valence-corrected chi connectivity index (χ0v) is 21.0. The van der Waals surface area contributed by atoms with Gasteiger partial charge < -0.3 is 14.6 Å². The predicted molar refractivity (Wildman–Crippen MR) is 138 cm³/mol. The molecule has 0 spiro atoms. The maximum atomic E-state index is 13.4. The molecule has 0 aliphatic carbocycles. The van der Waals surface area contributed by atoms with E-state index in [2.05, 4.69) is 5.43 Å². The number of carboxylic acid groups (broad SMARTS) is 1. The first-order valence-corrected chi connectivity index (χ1v) is 12.1. The molecule has 37 heavy (non-hydrogen) atoms. The fourth-order valence-corrected chi connectivity index (χ4v) is 3.73. The molecular formula is C29H32N2O6. The van der Waals surface area contributed by atoms with Gasteiger partial charge in [0.2, 0.25) is 0 Å². The van der Waals surface area contributed by atoms with Gasteiger partial charge in [-0.3, -0.25) is 4.79 Å². The number of aliphatic carboxylic acids is 1. The van der Waals surface area contributed by atoms with Gasteiger partial charge in [-0.2, -0.15) is 0 Å². The molecule has 0 bridgehead atoms. The lowest BCUT2D eigenvalue weighted by Gasteiger charge is -2.32. The van der Waals surface area contributed by atoms with E-state index in [4.69, 9.17) is 9.47 Å². The Morgan fingerprint density at radius 1 is 0.811 bits per heavy atom. The Hall–Kier alpha value is -4.17. The van der Waals surface area contributed by atoms with Crippen LogP contribution in [0.15, 0.2) is 84.9 Å². The molecule has 0 heterocycles. The molecule has 3 aromatic rings. The van der Waals surface area contributed by atoms with Crippen LogP contribution in [0.2, 0.25) is 0 Å². The molecule has 0 aliphatic rings. The molecule has 0 fully saturated rings. The molecule has 8 nitrogen and oxygen atoms in total. The van der Waals surface area contributed by atoms with E-state index in [0.29, 0.717) is 0 Å². The molecule has 0 radical (unpaired) electrons. The van der Waals surface area contributed by atoms with Crippen LogP contribution in [0.1, 0.15) is 29.2 Å². The molecule has 8 heteroatoms. The molecule has 0 saturated carbocycles. The predicted octanol–water partition coefficient (Wildman–Crippen LogP) is 4.31. The van der Waals surface area contributed by atoms with E-state index in [1.807, 2.05) is 79.7 Å². The number of carbonyl (C=O) groups is 3. The highest BCUT2D eigenvalue weighted by Crippen LogP contribution is 2.15. The van der Waals surface area contributed by atoms with Crippen molar-refractivity contribution in [3.63, 3.8) is 0 Å². The Morgan fingerprint density at radius 2 is 1.38 bits per heavy atom. The highest BCUT2D eigenvalue weighted by molar-refractivity contribution is 5.82. The standard InChI is InChI=1S/C29H32N2O6/c1-3-36-28(34)26(19-22-10-6-4-7-11-22)31(29(35)37-20-24-12-8-5-9-13-24)30-25(27(32)33)18-23-16-14-21(2)15-17-23/h4-17,25-26,30H,3,18-20H2,1-2H3,(H,32,33)/t25-,26-/m0/s1. The van der Waals surface area contributed by atoms with Gasteiger partial charge in [-0.15, -0.1) is 0 Å². The number of hydrazine groups is 1. The Balaban J connectivity index is 1.91. The van der Waals surface area contributed by atoms with Crippen molar-refractivity contribution in [3.8, 4) is 0 Å². The van der Waals surface area contributed by atoms with Crippen LogP contribution in [-0.2, 0) is 38.5 Å². The van der Waals surface area contributed by atoms with Gasteiger partial charge in [0.1, 0.15) is 12.6 Å². The van der Waals surface area contributed by atoms with Crippen molar-refractivity contribution in [2.75, 3.05) is 6.61 Å². The van der Waals surface area contributed by atoms with Crippen molar-refractivity contribution in [3.05, 3.63) is 107 Å². The second kappa shape index (κ2) is 13.8. The van der Waals surface area contributed by atoms with Crippen LogP contribution in [0, 0.1) is 6.92 Å². The summed E-state index contributed by atoms with van der Waals surface area (Å²) in [4.78, 5) is 38.6. The van der Waals surface area contributed by atoms with E-state index < -0.39 is 30.1 Å². The van der Waals surface area contributed by atoms with E-state index >= 15 is 0 Å². The summed E-state index contributed by atoms with van der Waals surface area (Å²) in [6.45, 7) is 3.66. The van der Waals surface area contributed by atoms with E-state index in [-0.39, 0.29) is 26.1 Å². The first-order chi connectivity index (χ1) is 17.9. The van der Waals surface area contributed by atoms with E-state index in [1.165, 1.54) is 0 Å². The normalized spacial score (nSPS) is 12.3. The Morgan fingerprint density at radius 3 is 1.95 bits per heavy atom. The zero-order valence-electron chi connectivity index (χ0n) is 21.0. The van der Waals surface area contributed by atoms with Crippen molar-refractivity contribution in [1.29, 1.82) is 0 Å². The van der Waals surface area contributed by atoms with Gasteiger partial charge in [0.25, 0.3) is 0 Å². The van der Waals surface area contributed by atoms with Crippen LogP contribution in [0.5, 0.6) is 0 Å². The molecule has 3 aromatic carbocycles. The summed E-state index contributed by atoms with van der Waals surface area (Å²) < 4.78 is 10.8. The number of ether oxygens (including phenoxy) is 2. The Labute approximate surface area is 216 Å². The average molecular weight is 505 g/mol. The second-order valence-electron chi connectivity index (χ2n) is 8.58. The molecule has 2 atom stereocenters. The number of rotatable bonds is 12. The number of carboxylic acids is 1. The summed E-state index contributed by atoms with van der Waals surface area (Å²) >= 11 is 0. The third-order valence-electron chi connectivity index (χ3n) is 5.70. The molecule has 0 aliphatic heterocycles. The number of nitrogens with one attached hydrogen (secondary N) is 1. The third kappa shape index (κ3) is 8.47. The number of nitrogens with zero attached hydrogens (tertiary/aromatic N) is 1. The molecule has 194 valence electrons. The quantitative estimate of drug-likeness (QED) is 0.280. The fourth-order valence-electron chi connectivity index (χ4n) is 3.73. The molecule has 0 unspecified atom stereocenters. The van der Waals surface area contributed by atoms with E-state index in [0.717, 1.165) is 27.3 Å². The number of hydrogen-bond donors (Lipinski definition) is 2. The summed E-state index contributed by atoms with van der Waals surface area (Å²) in [5.74, 6) is -1.85. The minimum atomic E-state index is -1.21. The summed E-state index contributed by atoms with van der Waals surface area (Å²) in [5, 5.41) is 10.9. The lowest BCUT2D eigenvalue weighted by Crippen LogP contribution is -2.59. The van der Waals surface area contributed by atoms with Crippen LogP contribution < -0.4 is 5.43 Å². The van der Waals surface area contributed by atoms with Crippen molar-refractivity contribution in [2.24, 2.45) is 0 Å². The average Bonchev–Trinajstić information content (AvgIpc) is 2.91. The fraction of sp³-hybridized carbons (Fsp3) is 0.276. The first-order valence-electron chi connectivity index (χ1n) is 12.1. The lowest BCUT2D eigenvalue weighted by atomic mass is 10.0. The van der Waals surface area contributed by atoms with Gasteiger partial charge in [0, 0.05) is 12.8 Å². The maximum Gasteiger partial charge on any atom is 0.425 e. The largest absolute Gasteiger partial charge is 0.480 e. The SMILES string of the molecule is CCOC(=O)[C@H](Cc1ccccc1)N(N[C@@H](Cc1ccc(C)cc1)C(=O)O)C(=O)OCc1ccccc1. The van der Waals surface area contributed by atoms with Gasteiger partial charge in [-0.25, -0.2) is 20.0 Å². The second-order valence-corrected chi connectivity index (χ2v) is 8.58. The smallest absolute Gasteiger partial charge is 0.425 e. The van der Waals surface area contributed by atoms with Gasteiger partial charge in [0.05, 0.1) is 6.61 Å². The lowest BCUT2D eigenvalue weighted by molar-refractivity contribution is -0.152. The third-order valence-corrected chi connectivity index (χ3v) is 5.70. The molecular weight excluding hydrogens is 472 g/mol. The topological polar surface area (TPSA) is 105 Å². The molecule has 1 amide bonds. The van der Waals surface area contributed by atoms with Gasteiger partial charge in [-0.1, -0.05) is 90.5 Å². The molecule has 0 saturated heterocycles. The molecule has 0 aromatic heterocycles.